The Hall–Kier alpha value is -2.41. The molecule has 0 unspecified atom stereocenters. The Morgan fingerprint density at radius 3 is 2.45 bits per heavy atom. The van der Waals surface area contributed by atoms with Crippen molar-refractivity contribution in [2.75, 3.05) is 13.1 Å². The fourth-order valence-electron chi connectivity index (χ4n) is 2.20. The topological polar surface area (TPSA) is 61.2 Å². The van der Waals surface area contributed by atoms with Crippen LogP contribution in [0, 0.1) is 17.2 Å². The normalized spacial score (nSPS) is 16.1. The van der Waals surface area contributed by atoms with Crippen LogP contribution in [0.15, 0.2) is 36.4 Å². The van der Waals surface area contributed by atoms with Gasteiger partial charge in [-0.25, -0.2) is 0 Å². The van der Waals surface area contributed by atoms with Crippen molar-refractivity contribution in [1.82, 2.24) is 4.90 Å². The minimum absolute atomic E-state index is 0.368. The molecule has 0 N–H and O–H groups in total. The molecule has 0 bridgehead atoms. The molecule has 20 heavy (non-hydrogen) atoms. The average Bonchev–Trinajstić information content (AvgIpc) is 3.01. The highest BCUT2D eigenvalue weighted by atomic mass is 16.2. The van der Waals surface area contributed by atoms with E-state index in [2.05, 4.69) is 0 Å². The molecule has 0 spiro atoms. The summed E-state index contributed by atoms with van der Waals surface area (Å²) in [5.41, 5.74) is 0.867. The van der Waals surface area contributed by atoms with E-state index in [9.17, 15) is 9.59 Å². The molecule has 1 heterocycles. The molecule has 4 nitrogen and oxygen atoms in total. The fraction of sp³-hybridized carbons (Fsp3) is 0.312. The van der Waals surface area contributed by atoms with Gasteiger partial charge in [-0.05, 0) is 24.5 Å². The SMILES string of the molecule is N#C[C@H](C(=O)/C=C/c1ccccc1)C(=O)N1CCCC1. The second-order valence-electron chi connectivity index (χ2n) is 4.74. The molecule has 1 aromatic carbocycles. The van der Waals surface area contributed by atoms with Crippen molar-refractivity contribution in [1.29, 1.82) is 5.26 Å². The maximum absolute atomic E-state index is 12.1. The number of nitrogens with zero attached hydrogens (tertiary/aromatic N) is 2. The number of benzene rings is 1. The van der Waals surface area contributed by atoms with Crippen molar-refractivity contribution in [2.45, 2.75) is 12.8 Å². The molecule has 4 heteroatoms. The maximum atomic E-state index is 12.1. The number of rotatable bonds is 4. The van der Waals surface area contributed by atoms with Gasteiger partial charge in [0.15, 0.2) is 11.7 Å². The number of allylic oxidation sites excluding steroid dienone is 1. The summed E-state index contributed by atoms with van der Waals surface area (Å²) in [7, 11) is 0. The highest BCUT2D eigenvalue weighted by Gasteiger charge is 2.30. The molecule has 102 valence electrons. The Kier molecular flexibility index (Phi) is 4.67. The molecular formula is C16H16N2O2. The molecule has 0 saturated carbocycles. The molecule has 0 radical (unpaired) electrons. The Labute approximate surface area is 118 Å². The minimum Gasteiger partial charge on any atom is -0.341 e. The molecule has 1 aromatic rings. The first kappa shape index (κ1) is 14.0. The smallest absolute Gasteiger partial charge is 0.247 e. The number of hydrogen-bond acceptors (Lipinski definition) is 3. The number of likely N-dealkylation sites (tertiary alicyclic amines) is 1. The highest BCUT2D eigenvalue weighted by molar-refractivity contribution is 6.10. The van der Waals surface area contributed by atoms with Crippen LogP contribution in [-0.4, -0.2) is 29.7 Å². The minimum atomic E-state index is -1.21. The molecule has 1 fully saturated rings. The number of carbonyl (C=O) groups excluding carboxylic acids is 2. The summed E-state index contributed by atoms with van der Waals surface area (Å²) in [4.78, 5) is 25.7. The first-order valence-electron chi connectivity index (χ1n) is 6.68. The zero-order chi connectivity index (χ0) is 14.4. The quantitative estimate of drug-likeness (QED) is 0.620. The third-order valence-electron chi connectivity index (χ3n) is 3.32. The van der Waals surface area contributed by atoms with Crippen molar-refractivity contribution in [3.05, 3.63) is 42.0 Å². The molecule has 0 aliphatic carbocycles. The largest absolute Gasteiger partial charge is 0.341 e. The Morgan fingerprint density at radius 1 is 1.20 bits per heavy atom. The predicted molar refractivity (Wildman–Crippen MR) is 75.4 cm³/mol. The van der Waals surface area contributed by atoms with E-state index in [1.165, 1.54) is 6.08 Å². The Bertz CT molecular complexity index is 552. The summed E-state index contributed by atoms with van der Waals surface area (Å²) < 4.78 is 0. The van der Waals surface area contributed by atoms with Crippen LogP contribution in [0.4, 0.5) is 0 Å². The molecule has 1 aliphatic heterocycles. The second kappa shape index (κ2) is 6.67. The summed E-state index contributed by atoms with van der Waals surface area (Å²) in [6, 6.07) is 11.1. The van der Waals surface area contributed by atoms with E-state index in [1.807, 2.05) is 36.4 Å². The molecule has 1 saturated heterocycles. The summed E-state index contributed by atoms with van der Waals surface area (Å²) in [6.45, 7) is 1.29. The number of carbonyl (C=O) groups is 2. The maximum Gasteiger partial charge on any atom is 0.247 e. The number of nitriles is 1. The standard InChI is InChI=1S/C16H16N2O2/c17-12-14(16(20)18-10-4-5-11-18)15(19)9-8-13-6-2-1-3-7-13/h1-3,6-9,14H,4-5,10-11H2/b9-8+/t14-/m1/s1. The Morgan fingerprint density at radius 2 is 1.85 bits per heavy atom. The number of amides is 1. The molecule has 0 aromatic heterocycles. The van der Waals surface area contributed by atoms with Crippen molar-refractivity contribution >= 4 is 17.8 Å². The van der Waals surface area contributed by atoms with E-state index in [4.69, 9.17) is 5.26 Å². The van der Waals surface area contributed by atoms with Crippen molar-refractivity contribution < 1.29 is 9.59 Å². The molecule has 2 rings (SSSR count). The van der Waals surface area contributed by atoms with Gasteiger partial charge in [-0.3, -0.25) is 9.59 Å². The van der Waals surface area contributed by atoms with Gasteiger partial charge in [-0.15, -0.1) is 0 Å². The third-order valence-corrected chi connectivity index (χ3v) is 3.32. The van der Waals surface area contributed by atoms with Gasteiger partial charge in [0.2, 0.25) is 5.91 Å². The van der Waals surface area contributed by atoms with Gasteiger partial charge in [0.05, 0.1) is 6.07 Å². The summed E-state index contributed by atoms with van der Waals surface area (Å²) in [6.07, 6.45) is 4.83. The van der Waals surface area contributed by atoms with Crippen LogP contribution in [-0.2, 0) is 9.59 Å². The first-order chi connectivity index (χ1) is 9.72. The van der Waals surface area contributed by atoms with E-state index in [0.29, 0.717) is 13.1 Å². The first-order valence-corrected chi connectivity index (χ1v) is 6.68. The number of hydrogen-bond donors (Lipinski definition) is 0. The van der Waals surface area contributed by atoms with Gasteiger partial charge in [0, 0.05) is 13.1 Å². The highest BCUT2D eigenvalue weighted by Crippen LogP contribution is 2.13. The molecule has 1 aliphatic rings. The summed E-state index contributed by atoms with van der Waals surface area (Å²) in [5.74, 6) is -2.03. The van der Waals surface area contributed by atoms with Gasteiger partial charge in [-0.1, -0.05) is 36.4 Å². The number of ketones is 1. The van der Waals surface area contributed by atoms with Crippen LogP contribution in [0.1, 0.15) is 18.4 Å². The zero-order valence-corrected chi connectivity index (χ0v) is 11.2. The van der Waals surface area contributed by atoms with Gasteiger partial charge in [-0.2, -0.15) is 5.26 Å². The van der Waals surface area contributed by atoms with Gasteiger partial charge >= 0.3 is 0 Å². The third kappa shape index (κ3) is 3.33. The van der Waals surface area contributed by atoms with Crippen LogP contribution in [0.3, 0.4) is 0 Å². The van der Waals surface area contributed by atoms with Crippen LogP contribution < -0.4 is 0 Å². The summed E-state index contributed by atoms with van der Waals surface area (Å²) in [5, 5.41) is 9.07. The van der Waals surface area contributed by atoms with E-state index >= 15 is 0 Å². The van der Waals surface area contributed by atoms with Crippen LogP contribution >= 0.6 is 0 Å². The molecule has 1 atom stereocenters. The van der Waals surface area contributed by atoms with E-state index < -0.39 is 11.7 Å². The summed E-state index contributed by atoms with van der Waals surface area (Å²) >= 11 is 0. The van der Waals surface area contributed by atoms with Gasteiger partial charge < -0.3 is 4.90 Å². The van der Waals surface area contributed by atoms with E-state index in [1.54, 1.807) is 11.0 Å². The molecular weight excluding hydrogens is 252 g/mol. The van der Waals surface area contributed by atoms with E-state index in [-0.39, 0.29) is 5.91 Å². The lowest BCUT2D eigenvalue weighted by Crippen LogP contribution is -2.36. The van der Waals surface area contributed by atoms with Crippen molar-refractivity contribution in [3.63, 3.8) is 0 Å². The monoisotopic (exact) mass is 268 g/mol. The van der Waals surface area contributed by atoms with Crippen LogP contribution in [0.25, 0.3) is 6.08 Å². The molecule has 1 amide bonds. The van der Waals surface area contributed by atoms with Crippen LogP contribution in [0.2, 0.25) is 0 Å². The predicted octanol–water partition coefficient (Wildman–Crippen LogP) is 2.03. The lowest BCUT2D eigenvalue weighted by molar-refractivity contribution is -0.136. The van der Waals surface area contributed by atoms with Crippen LogP contribution in [0.5, 0.6) is 0 Å². The lowest BCUT2D eigenvalue weighted by atomic mass is 10.0. The van der Waals surface area contributed by atoms with Gasteiger partial charge in [0.25, 0.3) is 0 Å². The zero-order valence-electron chi connectivity index (χ0n) is 11.2. The fourth-order valence-corrected chi connectivity index (χ4v) is 2.20. The van der Waals surface area contributed by atoms with Crippen molar-refractivity contribution in [3.8, 4) is 6.07 Å². The van der Waals surface area contributed by atoms with E-state index in [0.717, 1.165) is 18.4 Å². The average molecular weight is 268 g/mol. The Balaban J connectivity index is 2.04. The van der Waals surface area contributed by atoms with Crippen molar-refractivity contribution in [2.24, 2.45) is 5.92 Å². The lowest BCUT2D eigenvalue weighted by Gasteiger charge is -2.16. The van der Waals surface area contributed by atoms with Gasteiger partial charge in [0.1, 0.15) is 0 Å². The second-order valence-corrected chi connectivity index (χ2v) is 4.74.